The molecule has 4 aromatic rings. The Morgan fingerprint density at radius 1 is 1.08 bits per heavy atom. The van der Waals surface area contributed by atoms with Crippen molar-refractivity contribution in [3.8, 4) is 22.4 Å². The van der Waals surface area contributed by atoms with E-state index in [9.17, 15) is 13.2 Å². The lowest BCUT2D eigenvalue weighted by atomic mass is 9.96. The first-order valence-corrected chi connectivity index (χ1v) is 8.09. The molecule has 26 heavy (non-hydrogen) atoms. The van der Waals surface area contributed by atoms with Gasteiger partial charge in [-0.1, -0.05) is 0 Å². The van der Waals surface area contributed by atoms with E-state index in [1.54, 1.807) is 16.8 Å². The van der Waals surface area contributed by atoms with E-state index in [0.717, 1.165) is 6.20 Å². The molecule has 1 aliphatic rings. The standard InChI is InChI=1S/C18H12F3N5/c19-10-3-1-9(2-4-10)17-16(14-5-11(20)8-26(14)25-17)15-12-6-23-24-18(12)22-7-13(15)21/h1-4,6-7,11H,5,8H2,(H,22,23,24)/t11-/m0/s1. The van der Waals surface area contributed by atoms with Crippen molar-refractivity contribution in [2.45, 2.75) is 19.1 Å². The molecule has 0 saturated heterocycles. The van der Waals surface area contributed by atoms with Crippen molar-refractivity contribution in [2.75, 3.05) is 0 Å². The highest BCUT2D eigenvalue weighted by atomic mass is 19.1. The molecule has 4 heterocycles. The molecule has 0 fully saturated rings. The van der Waals surface area contributed by atoms with E-state index in [0.29, 0.717) is 33.5 Å². The number of aromatic nitrogens is 5. The first-order valence-electron chi connectivity index (χ1n) is 8.09. The number of rotatable bonds is 2. The average molecular weight is 355 g/mol. The fourth-order valence-corrected chi connectivity index (χ4v) is 3.52. The third-order valence-corrected chi connectivity index (χ3v) is 4.65. The zero-order valence-electron chi connectivity index (χ0n) is 13.4. The Balaban J connectivity index is 1.84. The van der Waals surface area contributed by atoms with E-state index in [1.807, 2.05) is 0 Å². The third-order valence-electron chi connectivity index (χ3n) is 4.65. The van der Waals surface area contributed by atoms with Gasteiger partial charge >= 0.3 is 0 Å². The molecule has 5 rings (SSSR count). The number of H-pyrrole nitrogens is 1. The van der Waals surface area contributed by atoms with Crippen LogP contribution in [-0.4, -0.2) is 31.1 Å². The second-order valence-corrected chi connectivity index (χ2v) is 6.27. The van der Waals surface area contributed by atoms with Gasteiger partial charge in [0.25, 0.3) is 0 Å². The Morgan fingerprint density at radius 3 is 2.69 bits per heavy atom. The number of fused-ring (bicyclic) bond motifs is 2. The Bertz CT molecular complexity index is 1130. The average Bonchev–Trinajstić information content (AvgIpc) is 3.30. The fourth-order valence-electron chi connectivity index (χ4n) is 3.52. The quantitative estimate of drug-likeness (QED) is 0.597. The Labute approximate surface area is 145 Å². The summed E-state index contributed by atoms with van der Waals surface area (Å²) in [6, 6.07) is 5.79. The molecule has 0 saturated carbocycles. The highest BCUT2D eigenvalue weighted by Crippen LogP contribution is 2.41. The molecule has 8 heteroatoms. The van der Waals surface area contributed by atoms with Crippen LogP contribution >= 0.6 is 0 Å². The van der Waals surface area contributed by atoms with Crippen LogP contribution < -0.4 is 0 Å². The number of hydrogen-bond acceptors (Lipinski definition) is 3. The summed E-state index contributed by atoms with van der Waals surface area (Å²) in [7, 11) is 0. The highest BCUT2D eigenvalue weighted by molar-refractivity contribution is 5.97. The largest absolute Gasteiger partial charge is 0.265 e. The van der Waals surface area contributed by atoms with Crippen LogP contribution in [0.3, 0.4) is 0 Å². The predicted molar refractivity (Wildman–Crippen MR) is 89.1 cm³/mol. The van der Waals surface area contributed by atoms with Crippen LogP contribution in [0.4, 0.5) is 13.2 Å². The molecule has 0 radical (unpaired) electrons. The van der Waals surface area contributed by atoms with Gasteiger partial charge < -0.3 is 0 Å². The number of alkyl halides is 1. The van der Waals surface area contributed by atoms with Gasteiger partial charge in [-0.05, 0) is 24.3 Å². The van der Waals surface area contributed by atoms with Gasteiger partial charge in [0.05, 0.1) is 24.6 Å². The van der Waals surface area contributed by atoms with Gasteiger partial charge in [-0.2, -0.15) is 10.2 Å². The van der Waals surface area contributed by atoms with Crippen molar-refractivity contribution >= 4 is 11.0 Å². The van der Waals surface area contributed by atoms with Crippen LogP contribution in [0.5, 0.6) is 0 Å². The second kappa shape index (κ2) is 5.42. The van der Waals surface area contributed by atoms with Crippen molar-refractivity contribution < 1.29 is 13.2 Å². The second-order valence-electron chi connectivity index (χ2n) is 6.27. The smallest absolute Gasteiger partial charge is 0.155 e. The molecule has 0 amide bonds. The lowest BCUT2D eigenvalue weighted by molar-refractivity contribution is 0.322. The zero-order valence-corrected chi connectivity index (χ0v) is 13.4. The number of halogens is 3. The lowest BCUT2D eigenvalue weighted by Gasteiger charge is -2.08. The van der Waals surface area contributed by atoms with Crippen LogP contribution in [0.2, 0.25) is 0 Å². The maximum Gasteiger partial charge on any atom is 0.155 e. The third kappa shape index (κ3) is 2.15. The zero-order chi connectivity index (χ0) is 17.8. The van der Waals surface area contributed by atoms with Crippen LogP contribution in [0.15, 0.2) is 36.7 Å². The van der Waals surface area contributed by atoms with Gasteiger partial charge in [-0.15, -0.1) is 0 Å². The fraction of sp³-hybridized carbons (Fsp3) is 0.167. The normalized spacial score (nSPS) is 16.3. The molecule has 3 aromatic heterocycles. The number of benzene rings is 1. The maximum absolute atomic E-state index is 14.8. The molecule has 1 aliphatic heterocycles. The molecule has 5 nitrogen and oxygen atoms in total. The van der Waals surface area contributed by atoms with Crippen molar-refractivity contribution in [2.24, 2.45) is 0 Å². The minimum absolute atomic E-state index is 0.116. The lowest BCUT2D eigenvalue weighted by Crippen LogP contribution is -2.03. The first-order chi connectivity index (χ1) is 12.6. The summed E-state index contributed by atoms with van der Waals surface area (Å²) in [5.41, 5.74) is 2.94. The molecular weight excluding hydrogens is 343 g/mol. The Morgan fingerprint density at radius 2 is 1.88 bits per heavy atom. The summed E-state index contributed by atoms with van der Waals surface area (Å²) in [6.45, 7) is 0.116. The number of pyridine rings is 1. The summed E-state index contributed by atoms with van der Waals surface area (Å²) in [5, 5.41) is 11.6. The molecule has 1 N–H and O–H groups in total. The molecule has 0 aliphatic carbocycles. The van der Waals surface area contributed by atoms with E-state index in [1.165, 1.54) is 18.3 Å². The topological polar surface area (TPSA) is 59.4 Å². The number of aromatic amines is 1. The molecule has 1 atom stereocenters. The van der Waals surface area contributed by atoms with Crippen molar-refractivity contribution in [3.05, 3.63) is 54.0 Å². The predicted octanol–water partition coefficient (Wildman–Crippen LogP) is 3.66. The summed E-state index contributed by atoms with van der Waals surface area (Å²) < 4.78 is 43.6. The molecule has 0 bridgehead atoms. The van der Waals surface area contributed by atoms with E-state index in [4.69, 9.17) is 0 Å². The molecular formula is C18H12F3N5. The first kappa shape index (κ1) is 15.1. The van der Waals surface area contributed by atoms with Gasteiger partial charge in [0.15, 0.2) is 5.65 Å². The molecule has 0 unspecified atom stereocenters. The minimum Gasteiger partial charge on any atom is -0.265 e. The minimum atomic E-state index is -1.07. The summed E-state index contributed by atoms with van der Waals surface area (Å²) in [4.78, 5) is 3.99. The van der Waals surface area contributed by atoms with E-state index in [-0.39, 0.29) is 24.3 Å². The summed E-state index contributed by atoms with van der Waals surface area (Å²) in [6.07, 6.45) is 1.67. The van der Waals surface area contributed by atoms with Crippen LogP contribution in [0.25, 0.3) is 33.4 Å². The van der Waals surface area contributed by atoms with E-state index in [2.05, 4.69) is 20.3 Å². The molecule has 130 valence electrons. The summed E-state index contributed by atoms with van der Waals surface area (Å²) >= 11 is 0. The monoisotopic (exact) mass is 355 g/mol. The van der Waals surface area contributed by atoms with Crippen LogP contribution in [0.1, 0.15) is 5.69 Å². The van der Waals surface area contributed by atoms with Crippen molar-refractivity contribution in [1.29, 1.82) is 0 Å². The molecule has 0 spiro atoms. The van der Waals surface area contributed by atoms with Crippen LogP contribution in [-0.2, 0) is 13.0 Å². The Hall–Kier alpha value is -3.16. The highest BCUT2D eigenvalue weighted by Gasteiger charge is 2.31. The maximum atomic E-state index is 14.8. The number of nitrogens with zero attached hydrogens (tertiary/aromatic N) is 4. The number of hydrogen-bond donors (Lipinski definition) is 1. The van der Waals surface area contributed by atoms with Gasteiger partial charge in [0.2, 0.25) is 0 Å². The summed E-state index contributed by atoms with van der Waals surface area (Å²) in [5.74, 6) is -0.918. The van der Waals surface area contributed by atoms with E-state index < -0.39 is 12.0 Å². The van der Waals surface area contributed by atoms with Gasteiger partial charge in [-0.3, -0.25) is 9.78 Å². The van der Waals surface area contributed by atoms with Crippen molar-refractivity contribution in [1.82, 2.24) is 25.0 Å². The van der Waals surface area contributed by atoms with Crippen LogP contribution in [0, 0.1) is 11.6 Å². The van der Waals surface area contributed by atoms with Gasteiger partial charge in [-0.25, -0.2) is 18.2 Å². The van der Waals surface area contributed by atoms with Crippen molar-refractivity contribution in [3.63, 3.8) is 0 Å². The molecule has 1 aromatic carbocycles. The number of nitrogens with one attached hydrogen (secondary N) is 1. The van der Waals surface area contributed by atoms with Gasteiger partial charge in [0.1, 0.15) is 23.5 Å². The van der Waals surface area contributed by atoms with Gasteiger partial charge in [0, 0.05) is 28.5 Å². The Kier molecular flexibility index (Phi) is 3.15. The van der Waals surface area contributed by atoms with E-state index >= 15 is 0 Å². The SMILES string of the molecule is Fc1ccc(-c2nn3c(c2-c2c(F)cnc4[nH]ncc24)C[C@H](F)C3)cc1.